The second kappa shape index (κ2) is 5.22. The van der Waals surface area contributed by atoms with Gasteiger partial charge in [0.25, 0.3) is 5.91 Å². The van der Waals surface area contributed by atoms with E-state index in [1.165, 1.54) is 24.5 Å². The van der Waals surface area contributed by atoms with Crippen LogP contribution in [0.3, 0.4) is 0 Å². The molecule has 92 valence electrons. The van der Waals surface area contributed by atoms with Crippen LogP contribution in [0, 0.1) is 5.82 Å². The van der Waals surface area contributed by atoms with E-state index in [-0.39, 0.29) is 29.8 Å². The summed E-state index contributed by atoms with van der Waals surface area (Å²) in [6.07, 6.45) is 2.69. The summed E-state index contributed by atoms with van der Waals surface area (Å²) in [5.74, 6) is -0.504. The third-order valence-corrected chi connectivity index (χ3v) is 2.25. The number of anilines is 1. The Bertz CT molecular complexity index is 556. The number of aromatic nitrogens is 2. The van der Waals surface area contributed by atoms with Crippen molar-refractivity contribution in [1.29, 1.82) is 0 Å². The van der Waals surface area contributed by atoms with Crippen molar-refractivity contribution < 1.29 is 9.18 Å². The second-order valence-electron chi connectivity index (χ2n) is 3.64. The predicted molar refractivity (Wildman–Crippen MR) is 64.0 cm³/mol. The van der Waals surface area contributed by atoms with Gasteiger partial charge in [0.1, 0.15) is 17.3 Å². The van der Waals surface area contributed by atoms with Gasteiger partial charge in [-0.2, -0.15) is 0 Å². The molecule has 0 bridgehead atoms. The van der Waals surface area contributed by atoms with Crippen LogP contribution in [-0.4, -0.2) is 15.9 Å². The molecule has 0 saturated carbocycles. The molecule has 0 fully saturated rings. The number of amides is 1. The van der Waals surface area contributed by atoms with Crippen molar-refractivity contribution in [3.63, 3.8) is 0 Å². The monoisotopic (exact) mass is 246 g/mol. The summed E-state index contributed by atoms with van der Waals surface area (Å²) in [5.41, 5.74) is 6.37. The average molecular weight is 246 g/mol. The van der Waals surface area contributed by atoms with Crippen LogP contribution < -0.4 is 11.1 Å². The number of hydrogen-bond donors (Lipinski definition) is 2. The van der Waals surface area contributed by atoms with Gasteiger partial charge >= 0.3 is 0 Å². The van der Waals surface area contributed by atoms with Crippen LogP contribution in [0.25, 0.3) is 0 Å². The fourth-order valence-corrected chi connectivity index (χ4v) is 1.37. The Morgan fingerprint density at radius 1 is 1.28 bits per heavy atom. The van der Waals surface area contributed by atoms with Gasteiger partial charge in [0.2, 0.25) is 0 Å². The van der Waals surface area contributed by atoms with E-state index in [0.29, 0.717) is 0 Å². The Balaban J connectivity index is 1.98. The lowest BCUT2D eigenvalue weighted by molar-refractivity contribution is 0.0945. The average Bonchev–Trinajstić information content (AvgIpc) is 2.38. The van der Waals surface area contributed by atoms with Gasteiger partial charge in [-0.1, -0.05) is 12.1 Å². The van der Waals surface area contributed by atoms with E-state index < -0.39 is 0 Å². The normalized spacial score (nSPS) is 10.1. The molecule has 1 amide bonds. The number of nitrogens with zero attached hydrogens (tertiary/aromatic N) is 2. The van der Waals surface area contributed by atoms with Crippen molar-refractivity contribution in [3.8, 4) is 0 Å². The topological polar surface area (TPSA) is 80.9 Å². The molecule has 18 heavy (non-hydrogen) atoms. The van der Waals surface area contributed by atoms with Crippen LogP contribution in [-0.2, 0) is 6.54 Å². The van der Waals surface area contributed by atoms with E-state index in [4.69, 9.17) is 5.73 Å². The van der Waals surface area contributed by atoms with E-state index in [0.717, 1.165) is 5.56 Å². The molecule has 0 saturated heterocycles. The van der Waals surface area contributed by atoms with Gasteiger partial charge in [0.05, 0.1) is 12.4 Å². The molecule has 0 radical (unpaired) electrons. The summed E-state index contributed by atoms with van der Waals surface area (Å²) >= 11 is 0. The smallest absolute Gasteiger partial charge is 0.271 e. The lowest BCUT2D eigenvalue weighted by Crippen LogP contribution is -2.24. The predicted octanol–water partition coefficient (Wildman–Crippen LogP) is 1.13. The molecule has 1 heterocycles. The second-order valence-corrected chi connectivity index (χ2v) is 3.64. The zero-order valence-corrected chi connectivity index (χ0v) is 9.43. The molecule has 0 aliphatic heterocycles. The number of nitrogens with one attached hydrogen (secondary N) is 1. The van der Waals surface area contributed by atoms with Gasteiger partial charge in [-0.05, 0) is 17.7 Å². The van der Waals surface area contributed by atoms with Crippen molar-refractivity contribution in [2.45, 2.75) is 6.54 Å². The maximum absolute atomic E-state index is 12.7. The minimum Gasteiger partial charge on any atom is -0.382 e. The molecular weight excluding hydrogens is 235 g/mol. The number of hydrogen-bond acceptors (Lipinski definition) is 4. The SMILES string of the molecule is Nc1cncc(C(=O)NCc2ccc(F)cc2)n1. The fraction of sp³-hybridized carbons (Fsp3) is 0.0833. The summed E-state index contributed by atoms with van der Waals surface area (Å²) in [6, 6.07) is 5.87. The van der Waals surface area contributed by atoms with E-state index in [1.807, 2.05) is 0 Å². The quantitative estimate of drug-likeness (QED) is 0.850. The number of carbonyl (C=O) groups is 1. The Kier molecular flexibility index (Phi) is 3.47. The number of nitrogen functional groups attached to an aromatic ring is 1. The summed E-state index contributed by atoms with van der Waals surface area (Å²) in [6.45, 7) is 0.287. The Morgan fingerprint density at radius 3 is 2.67 bits per heavy atom. The van der Waals surface area contributed by atoms with E-state index in [1.54, 1.807) is 12.1 Å². The van der Waals surface area contributed by atoms with E-state index in [2.05, 4.69) is 15.3 Å². The first-order chi connectivity index (χ1) is 8.65. The first-order valence-corrected chi connectivity index (χ1v) is 5.25. The van der Waals surface area contributed by atoms with E-state index >= 15 is 0 Å². The number of carbonyl (C=O) groups excluding carboxylic acids is 1. The highest BCUT2D eigenvalue weighted by Gasteiger charge is 2.07. The molecule has 0 unspecified atom stereocenters. The molecule has 5 nitrogen and oxygen atoms in total. The largest absolute Gasteiger partial charge is 0.382 e. The zero-order valence-electron chi connectivity index (χ0n) is 9.43. The molecule has 0 aliphatic carbocycles. The molecule has 3 N–H and O–H groups in total. The standard InChI is InChI=1S/C12H11FN4O/c13-9-3-1-8(2-4-9)5-16-12(18)10-6-15-7-11(14)17-10/h1-4,6-7H,5H2,(H2,14,17)(H,16,18). The van der Waals surface area contributed by atoms with E-state index in [9.17, 15) is 9.18 Å². The molecule has 0 atom stereocenters. The fourth-order valence-electron chi connectivity index (χ4n) is 1.37. The van der Waals surface area contributed by atoms with Gasteiger partial charge in [-0.15, -0.1) is 0 Å². The van der Waals surface area contributed by atoms with Crippen molar-refractivity contribution in [1.82, 2.24) is 15.3 Å². The third-order valence-electron chi connectivity index (χ3n) is 2.25. The highest BCUT2D eigenvalue weighted by atomic mass is 19.1. The lowest BCUT2D eigenvalue weighted by atomic mass is 10.2. The molecule has 0 spiro atoms. The molecule has 2 aromatic rings. The van der Waals surface area contributed by atoms with Gasteiger partial charge in [-0.3, -0.25) is 9.78 Å². The Labute approximate surface area is 103 Å². The molecule has 0 aliphatic rings. The van der Waals surface area contributed by atoms with Crippen molar-refractivity contribution in [2.24, 2.45) is 0 Å². The summed E-state index contributed by atoms with van der Waals surface area (Å²) < 4.78 is 12.7. The van der Waals surface area contributed by atoms with Crippen LogP contribution in [0.4, 0.5) is 10.2 Å². The molecule has 1 aromatic carbocycles. The molecule has 1 aromatic heterocycles. The van der Waals surface area contributed by atoms with Gasteiger partial charge in [0, 0.05) is 6.54 Å². The molecular formula is C12H11FN4O. The zero-order chi connectivity index (χ0) is 13.0. The maximum Gasteiger partial charge on any atom is 0.271 e. The minimum atomic E-state index is -0.376. The third kappa shape index (κ3) is 3.00. The van der Waals surface area contributed by atoms with Crippen molar-refractivity contribution in [2.75, 3.05) is 5.73 Å². The van der Waals surface area contributed by atoms with Gasteiger partial charge in [-0.25, -0.2) is 9.37 Å². The first kappa shape index (κ1) is 12.0. The highest BCUT2D eigenvalue weighted by Crippen LogP contribution is 2.03. The van der Waals surface area contributed by atoms with Crippen LogP contribution in [0.5, 0.6) is 0 Å². The lowest BCUT2D eigenvalue weighted by Gasteiger charge is -2.04. The Morgan fingerprint density at radius 2 is 2.00 bits per heavy atom. The number of halogens is 1. The maximum atomic E-state index is 12.7. The number of rotatable bonds is 3. The Hall–Kier alpha value is -2.50. The van der Waals surface area contributed by atoms with Crippen LogP contribution in [0.15, 0.2) is 36.7 Å². The molecule has 2 rings (SSSR count). The summed E-state index contributed by atoms with van der Waals surface area (Å²) in [5, 5.41) is 2.64. The molecule has 6 heteroatoms. The number of benzene rings is 1. The highest BCUT2D eigenvalue weighted by molar-refractivity contribution is 5.92. The summed E-state index contributed by atoms with van der Waals surface area (Å²) in [4.78, 5) is 19.3. The summed E-state index contributed by atoms with van der Waals surface area (Å²) in [7, 11) is 0. The minimum absolute atomic E-state index is 0.150. The van der Waals surface area contributed by atoms with Crippen LogP contribution in [0.2, 0.25) is 0 Å². The van der Waals surface area contributed by atoms with Gasteiger partial charge < -0.3 is 11.1 Å². The first-order valence-electron chi connectivity index (χ1n) is 5.25. The van der Waals surface area contributed by atoms with Crippen LogP contribution in [0.1, 0.15) is 16.1 Å². The van der Waals surface area contributed by atoms with Gasteiger partial charge in [0.15, 0.2) is 0 Å². The van der Waals surface area contributed by atoms with Crippen molar-refractivity contribution >= 4 is 11.7 Å². The van der Waals surface area contributed by atoms with Crippen LogP contribution >= 0.6 is 0 Å². The number of nitrogens with two attached hydrogens (primary N) is 1. The van der Waals surface area contributed by atoms with Crippen molar-refractivity contribution in [3.05, 3.63) is 53.7 Å².